The minimum absolute atomic E-state index is 0. The lowest BCUT2D eigenvalue weighted by Crippen LogP contribution is -2.39. The number of amides is 1. The lowest BCUT2D eigenvalue weighted by molar-refractivity contribution is -0.129. The van der Waals surface area contributed by atoms with E-state index in [1.54, 1.807) is 0 Å². The van der Waals surface area contributed by atoms with Crippen molar-refractivity contribution in [1.82, 2.24) is 5.32 Å². The predicted molar refractivity (Wildman–Crippen MR) is 75.9 cm³/mol. The zero-order valence-corrected chi connectivity index (χ0v) is 12.5. The van der Waals surface area contributed by atoms with Gasteiger partial charge >= 0.3 is 0 Å². The van der Waals surface area contributed by atoms with Crippen LogP contribution in [-0.2, 0) is 9.53 Å². The highest BCUT2D eigenvalue weighted by atomic mass is 35.5. The Morgan fingerprint density at radius 3 is 2.33 bits per heavy atom. The van der Waals surface area contributed by atoms with E-state index in [0.717, 1.165) is 25.7 Å². The van der Waals surface area contributed by atoms with Crippen molar-refractivity contribution in [3.8, 4) is 0 Å². The maximum atomic E-state index is 11.6. The second kappa shape index (κ2) is 8.73. The van der Waals surface area contributed by atoms with Crippen LogP contribution in [0.4, 0.5) is 0 Å². The molecule has 0 aromatic heterocycles. The van der Waals surface area contributed by atoms with Crippen molar-refractivity contribution in [3.63, 3.8) is 0 Å². The summed E-state index contributed by atoms with van der Waals surface area (Å²) in [5, 5.41) is 2.94. The highest BCUT2D eigenvalue weighted by molar-refractivity contribution is 5.85. The van der Waals surface area contributed by atoms with E-state index < -0.39 is 0 Å². The molecular weight excluding hydrogens is 252 g/mol. The van der Waals surface area contributed by atoms with Gasteiger partial charge < -0.3 is 15.8 Å². The number of hydrogen-bond acceptors (Lipinski definition) is 3. The molecular formula is C13H27ClN2O2. The van der Waals surface area contributed by atoms with E-state index in [2.05, 4.69) is 19.2 Å². The minimum atomic E-state index is -0.0129. The van der Waals surface area contributed by atoms with Gasteiger partial charge in [0.2, 0.25) is 5.91 Å². The number of carbonyl (C=O) groups excluding carboxylic acids is 1. The van der Waals surface area contributed by atoms with Gasteiger partial charge in [0.15, 0.2) is 0 Å². The Hall–Kier alpha value is -0.320. The molecule has 0 aromatic carbocycles. The molecule has 18 heavy (non-hydrogen) atoms. The summed E-state index contributed by atoms with van der Waals surface area (Å²) in [5.41, 5.74) is 5.82. The summed E-state index contributed by atoms with van der Waals surface area (Å²) in [7, 11) is 0. The maximum Gasteiger partial charge on any atom is 0.246 e. The summed E-state index contributed by atoms with van der Waals surface area (Å²) in [5.74, 6) is 0.438. The smallest absolute Gasteiger partial charge is 0.246 e. The van der Waals surface area contributed by atoms with Crippen LogP contribution in [0.3, 0.4) is 0 Å². The van der Waals surface area contributed by atoms with Gasteiger partial charge in [-0.25, -0.2) is 0 Å². The van der Waals surface area contributed by atoms with Gasteiger partial charge in [-0.3, -0.25) is 4.79 Å². The van der Waals surface area contributed by atoms with Crippen LogP contribution in [0.5, 0.6) is 0 Å². The van der Waals surface area contributed by atoms with Crippen LogP contribution in [0.15, 0.2) is 0 Å². The fourth-order valence-electron chi connectivity index (χ4n) is 1.91. The molecule has 1 aliphatic carbocycles. The van der Waals surface area contributed by atoms with Crippen molar-refractivity contribution in [2.45, 2.75) is 64.6 Å². The largest absolute Gasteiger partial charge is 0.368 e. The van der Waals surface area contributed by atoms with Crippen LogP contribution in [-0.4, -0.2) is 30.7 Å². The quantitative estimate of drug-likeness (QED) is 0.807. The molecule has 3 N–H and O–H groups in total. The number of ether oxygens (including phenoxy) is 1. The fraction of sp³-hybridized carbons (Fsp3) is 0.923. The highest BCUT2D eigenvalue weighted by Gasteiger charge is 2.20. The van der Waals surface area contributed by atoms with Crippen molar-refractivity contribution in [3.05, 3.63) is 0 Å². The molecule has 5 heteroatoms. The number of hydrogen-bond donors (Lipinski definition) is 2. The van der Waals surface area contributed by atoms with Crippen molar-refractivity contribution in [1.29, 1.82) is 0 Å². The lowest BCUT2D eigenvalue weighted by Gasteiger charge is -2.26. The van der Waals surface area contributed by atoms with Crippen LogP contribution in [0.25, 0.3) is 0 Å². The Labute approximate surface area is 116 Å². The molecule has 1 amide bonds. The number of carbonyl (C=O) groups is 1. The molecule has 108 valence electrons. The zero-order chi connectivity index (χ0) is 12.8. The lowest BCUT2D eigenvalue weighted by atomic mass is 9.94. The molecule has 1 fully saturated rings. The van der Waals surface area contributed by atoms with E-state index >= 15 is 0 Å². The van der Waals surface area contributed by atoms with Gasteiger partial charge in [0.1, 0.15) is 6.61 Å². The normalized spacial score (nSPS) is 25.4. The summed E-state index contributed by atoms with van der Waals surface area (Å²) in [4.78, 5) is 11.6. The van der Waals surface area contributed by atoms with E-state index in [9.17, 15) is 4.79 Å². The molecule has 0 bridgehead atoms. The van der Waals surface area contributed by atoms with Crippen LogP contribution in [0.1, 0.15) is 46.5 Å². The standard InChI is InChI=1S/C13H26N2O2.ClH/c1-9(2)10(3)15-13(16)8-17-12-6-4-11(14)5-7-12;/h9-12H,4-8,14H2,1-3H3,(H,15,16);1H. The molecule has 0 saturated heterocycles. The predicted octanol–water partition coefficient (Wildman–Crippen LogP) is 1.86. The third-order valence-corrected chi connectivity index (χ3v) is 3.56. The monoisotopic (exact) mass is 278 g/mol. The Balaban J connectivity index is 0.00000289. The second-order valence-corrected chi connectivity index (χ2v) is 5.45. The Bertz CT molecular complexity index is 241. The molecule has 4 nitrogen and oxygen atoms in total. The topological polar surface area (TPSA) is 64.3 Å². The molecule has 1 aliphatic rings. The number of halogens is 1. The van der Waals surface area contributed by atoms with Crippen molar-refractivity contribution >= 4 is 18.3 Å². The summed E-state index contributed by atoms with van der Waals surface area (Å²) in [6.07, 6.45) is 4.20. The van der Waals surface area contributed by atoms with E-state index in [-0.39, 0.29) is 37.1 Å². The average Bonchev–Trinajstić information content (AvgIpc) is 2.28. The molecule has 1 saturated carbocycles. The first-order valence-electron chi connectivity index (χ1n) is 6.65. The Morgan fingerprint density at radius 1 is 1.28 bits per heavy atom. The van der Waals surface area contributed by atoms with Crippen LogP contribution in [0.2, 0.25) is 0 Å². The van der Waals surface area contributed by atoms with E-state index in [1.807, 2.05) is 6.92 Å². The first-order valence-corrected chi connectivity index (χ1v) is 6.65. The average molecular weight is 279 g/mol. The third kappa shape index (κ3) is 6.57. The summed E-state index contributed by atoms with van der Waals surface area (Å²) < 4.78 is 5.61. The highest BCUT2D eigenvalue weighted by Crippen LogP contribution is 2.19. The fourth-order valence-corrected chi connectivity index (χ4v) is 1.91. The number of rotatable bonds is 5. The van der Waals surface area contributed by atoms with Gasteiger partial charge in [0.25, 0.3) is 0 Å². The molecule has 0 aromatic rings. The van der Waals surface area contributed by atoms with Gasteiger partial charge in [0.05, 0.1) is 6.10 Å². The maximum absolute atomic E-state index is 11.6. The van der Waals surface area contributed by atoms with Crippen molar-refractivity contribution < 1.29 is 9.53 Å². The van der Waals surface area contributed by atoms with Crippen LogP contribution in [0, 0.1) is 5.92 Å². The first-order chi connectivity index (χ1) is 7.99. The van der Waals surface area contributed by atoms with E-state index in [0.29, 0.717) is 12.0 Å². The van der Waals surface area contributed by atoms with Gasteiger partial charge in [-0.2, -0.15) is 0 Å². The number of nitrogens with one attached hydrogen (secondary N) is 1. The van der Waals surface area contributed by atoms with Gasteiger partial charge in [-0.05, 0) is 38.5 Å². The molecule has 0 radical (unpaired) electrons. The van der Waals surface area contributed by atoms with Crippen LogP contribution >= 0.6 is 12.4 Å². The SMILES string of the molecule is CC(C)C(C)NC(=O)COC1CCC(N)CC1.Cl. The Kier molecular flexibility index (Phi) is 8.57. The molecule has 1 atom stereocenters. The number of nitrogens with two attached hydrogens (primary N) is 1. The van der Waals surface area contributed by atoms with Crippen molar-refractivity contribution in [2.75, 3.05) is 6.61 Å². The van der Waals surface area contributed by atoms with Gasteiger partial charge in [0, 0.05) is 12.1 Å². The van der Waals surface area contributed by atoms with Gasteiger partial charge in [-0.15, -0.1) is 12.4 Å². The zero-order valence-electron chi connectivity index (χ0n) is 11.6. The molecule has 0 spiro atoms. The van der Waals surface area contributed by atoms with Gasteiger partial charge in [-0.1, -0.05) is 13.8 Å². The van der Waals surface area contributed by atoms with E-state index in [1.165, 1.54) is 0 Å². The summed E-state index contributed by atoms with van der Waals surface area (Å²) in [6.45, 7) is 6.38. The third-order valence-electron chi connectivity index (χ3n) is 3.56. The summed E-state index contributed by atoms with van der Waals surface area (Å²) in [6, 6.07) is 0.524. The molecule has 1 unspecified atom stereocenters. The van der Waals surface area contributed by atoms with Crippen LogP contribution < -0.4 is 11.1 Å². The second-order valence-electron chi connectivity index (χ2n) is 5.45. The summed E-state index contributed by atoms with van der Waals surface area (Å²) >= 11 is 0. The minimum Gasteiger partial charge on any atom is -0.368 e. The molecule has 0 aliphatic heterocycles. The van der Waals surface area contributed by atoms with Crippen molar-refractivity contribution in [2.24, 2.45) is 11.7 Å². The Morgan fingerprint density at radius 2 is 1.83 bits per heavy atom. The molecule has 1 rings (SSSR count). The van der Waals surface area contributed by atoms with E-state index in [4.69, 9.17) is 10.5 Å². The first kappa shape index (κ1) is 17.7. The molecule has 0 heterocycles.